The van der Waals surface area contributed by atoms with Gasteiger partial charge in [-0.3, -0.25) is 0 Å². The molecule has 4 heteroatoms. The summed E-state index contributed by atoms with van der Waals surface area (Å²) < 4.78 is 5.59. The minimum absolute atomic E-state index is 0.222. The highest BCUT2D eigenvalue weighted by molar-refractivity contribution is 5.31. The molecule has 0 spiro atoms. The van der Waals surface area contributed by atoms with Crippen molar-refractivity contribution in [2.75, 3.05) is 19.7 Å². The molecule has 0 heterocycles. The molecule has 0 amide bonds. The van der Waals surface area contributed by atoms with Crippen molar-refractivity contribution in [2.24, 2.45) is 0 Å². The van der Waals surface area contributed by atoms with Crippen LogP contribution in [0.5, 0.6) is 5.75 Å². The molecular weight excluding hydrogens is 278 g/mol. The highest BCUT2D eigenvalue weighted by Crippen LogP contribution is 2.16. The molecule has 4 nitrogen and oxygen atoms in total. The molecule has 22 heavy (non-hydrogen) atoms. The van der Waals surface area contributed by atoms with E-state index in [2.05, 4.69) is 5.32 Å². The predicted molar refractivity (Wildman–Crippen MR) is 87.0 cm³/mol. The number of aryl methyl sites for hydroxylation is 1. The van der Waals surface area contributed by atoms with E-state index in [0.29, 0.717) is 13.1 Å². The van der Waals surface area contributed by atoms with Gasteiger partial charge in [0.2, 0.25) is 0 Å². The number of nitrogens with one attached hydrogen (secondary N) is 1. The average molecular weight is 301 g/mol. The molecule has 0 aliphatic heterocycles. The van der Waals surface area contributed by atoms with Crippen molar-refractivity contribution in [1.82, 2.24) is 5.32 Å². The molecule has 2 rings (SSSR count). The molecule has 0 bridgehead atoms. The summed E-state index contributed by atoms with van der Waals surface area (Å²) in [7, 11) is 0. The van der Waals surface area contributed by atoms with Gasteiger partial charge in [0, 0.05) is 13.1 Å². The lowest BCUT2D eigenvalue weighted by molar-refractivity contribution is 0.0993. The van der Waals surface area contributed by atoms with Gasteiger partial charge >= 0.3 is 0 Å². The van der Waals surface area contributed by atoms with E-state index in [9.17, 15) is 10.2 Å². The van der Waals surface area contributed by atoms with Crippen LogP contribution < -0.4 is 10.1 Å². The third-order valence-electron chi connectivity index (χ3n) is 3.43. The first-order valence-corrected chi connectivity index (χ1v) is 7.47. The fraction of sp³-hybridized carbons (Fsp3) is 0.333. The van der Waals surface area contributed by atoms with Crippen LogP contribution in [0.2, 0.25) is 0 Å². The van der Waals surface area contributed by atoms with Crippen LogP contribution in [-0.4, -0.2) is 36.0 Å². The van der Waals surface area contributed by atoms with E-state index in [-0.39, 0.29) is 6.61 Å². The number of ether oxygens (including phenoxy) is 1. The summed E-state index contributed by atoms with van der Waals surface area (Å²) in [6.45, 7) is 2.96. The van der Waals surface area contributed by atoms with Gasteiger partial charge in [0.1, 0.15) is 18.5 Å². The summed E-state index contributed by atoms with van der Waals surface area (Å²) in [4.78, 5) is 0. The van der Waals surface area contributed by atoms with Crippen LogP contribution >= 0.6 is 0 Å². The van der Waals surface area contributed by atoms with E-state index in [1.807, 2.05) is 61.5 Å². The number of hydrogen-bond donors (Lipinski definition) is 3. The van der Waals surface area contributed by atoms with Gasteiger partial charge in [-0.15, -0.1) is 0 Å². The van der Waals surface area contributed by atoms with Crippen molar-refractivity contribution < 1.29 is 14.9 Å². The Morgan fingerprint density at radius 2 is 1.64 bits per heavy atom. The largest absolute Gasteiger partial charge is 0.491 e. The van der Waals surface area contributed by atoms with Crippen molar-refractivity contribution in [1.29, 1.82) is 0 Å². The van der Waals surface area contributed by atoms with Crippen molar-refractivity contribution in [2.45, 2.75) is 19.1 Å². The predicted octanol–water partition coefficient (Wildman–Crippen LogP) is 2.06. The first-order valence-electron chi connectivity index (χ1n) is 7.47. The number of benzene rings is 2. The Morgan fingerprint density at radius 1 is 0.955 bits per heavy atom. The molecule has 0 aliphatic carbocycles. The second-order valence-electron chi connectivity index (χ2n) is 5.32. The minimum atomic E-state index is -0.623. The molecule has 0 radical (unpaired) electrons. The Labute approximate surface area is 131 Å². The summed E-state index contributed by atoms with van der Waals surface area (Å²) in [6.07, 6.45) is -1.20. The molecule has 2 aromatic rings. The average Bonchev–Trinajstić information content (AvgIpc) is 2.55. The molecule has 0 fully saturated rings. The maximum atomic E-state index is 10.0. The second kappa shape index (κ2) is 8.54. The van der Waals surface area contributed by atoms with Crippen molar-refractivity contribution in [3.05, 3.63) is 65.7 Å². The maximum Gasteiger partial charge on any atom is 0.122 e. The quantitative estimate of drug-likeness (QED) is 0.698. The van der Waals surface area contributed by atoms with E-state index in [1.165, 1.54) is 0 Å². The van der Waals surface area contributed by atoms with Crippen molar-refractivity contribution in [3.63, 3.8) is 0 Å². The highest BCUT2D eigenvalue weighted by atomic mass is 16.5. The van der Waals surface area contributed by atoms with E-state index in [0.717, 1.165) is 16.9 Å². The normalized spacial score (nSPS) is 13.6. The van der Waals surface area contributed by atoms with Crippen LogP contribution in [0.3, 0.4) is 0 Å². The van der Waals surface area contributed by atoms with Crippen LogP contribution in [-0.2, 0) is 0 Å². The van der Waals surface area contributed by atoms with E-state index in [1.54, 1.807) is 0 Å². The first kappa shape index (κ1) is 16.5. The van der Waals surface area contributed by atoms with Gasteiger partial charge in [0.05, 0.1) is 6.10 Å². The third kappa shape index (κ3) is 5.15. The van der Waals surface area contributed by atoms with Crippen molar-refractivity contribution in [3.8, 4) is 5.75 Å². The van der Waals surface area contributed by atoms with Gasteiger partial charge in [-0.2, -0.15) is 0 Å². The van der Waals surface area contributed by atoms with Gasteiger partial charge in [-0.05, 0) is 24.1 Å². The molecule has 2 atom stereocenters. The molecule has 0 saturated carbocycles. The standard InChI is InChI=1S/C18H23NO3/c1-14-7-5-6-10-18(14)22-13-16(20)11-19-12-17(21)15-8-3-2-4-9-15/h2-10,16-17,19-21H,11-13H2,1H3. The van der Waals surface area contributed by atoms with Gasteiger partial charge < -0.3 is 20.3 Å². The van der Waals surface area contributed by atoms with Crippen LogP contribution in [0.1, 0.15) is 17.2 Å². The topological polar surface area (TPSA) is 61.7 Å². The van der Waals surface area contributed by atoms with Crippen LogP contribution in [0.25, 0.3) is 0 Å². The third-order valence-corrected chi connectivity index (χ3v) is 3.43. The van der Waals surface area contributed by atoms with Gasteiger partial charge in [-0.1, -0.05) is 48.5 Å². The highest BCUT2D eigenvalue weighted by Gasteiger charge is 2.09. The van der Waals surface area contributed by atoms with Crippen molar-refractivity contribution >= 4 is 0 Å². The lowest BCUT2D eigenvalue weighted by Crippen LogP contribution is -2.33. The minimum Gasteiger partial charge on any atom is -0.491 e. The number of hydrogen-bond acceptors (Lipinski definition) is 4. The summed E-state index contributed by atoms with van der Waals surface area (Å²) in [5, 5.41) is 23.0. The summed E-state index contributed by atoms with van der Waals surface area (Å²) in [5.41, 5.74) is 1.91. The second-order valence-corrected chi connectivity index (χ2v) is 5.32. The SMILES string of the molecule is Cc1ccccc1OCC(O)CNCC(O)c1ccccc1. The van der Waals surface area contributed by atoms with Crippen LogP contribution in [0.15, 0.2) is 54.6 Å². The Balaban J connectivity index is 1.68. The maximum absolute atomic E-state index is 10.0. The Hall–Kier alpha value is -1.88. The zero-order valence-corrected chi connectivity index (χ0v) is 12.8. The Kier molecular flexibility index (Phi) is 6.40. The zero-order valence-electron chi connectivity index (χ0n) is 12.8. The van der Waals surface area contributed by atoms with E-state index < -0.39 is 12.2 Å². The number of aliphatic hydroxyl groups excluding tert-OH is 2. The molecule has 2 unspecified atom stereocenters. The molecule has 2 aromatic carbocycles. The molecule has 0 aliphatic rings. The van der Waals surface area contributed by atoms with Crippen LogP contribution in [0.4, 0.5) is 0 Å². The molecule has 0 aromatic heterocycles. The Bertz CT molecular complexity index is 559. The lowest BCUT2D eigenvalue weighted by atomic mass is 10.1. The Morgan fingerprint density at radius 3 is 2.36 bits per heavy atom. The first-order chi connectivity index (χ1) is 10.7. The monoisotopic (exact) mass is 301 g/mol. The van der Waals surface area contributed by atoms with Gasteiger partial charge in [0.25, 0.3) is 0 Å². The molecule has 0 saturated heterocycles. The fourth-order valence-electron chi connectivity index (χ4n) is 2.14. The lowest BCUT2D eigenvalue weighted by Gasteiger charge is -2.16. The van der Waals surface area contributed by atoms with E-state index in [4.69, 9.17) is 4.74 Å². The molecule has 118 valence electrons. The molecule has 3 N–H and O–H groups in total. The van der Waals surface area contributed by atoms with Gasteiger partial charge in [0.15, 0.2) is 0 Å². The fourth-order valence-corrected chi connectivity index (χ4v) is 2.14. The summed E-state index contributed by atoms with van der Waals surface area (Å²) in [5.74, 6) is 0.783. The number of para-hydroxylation sites is 1. The van der Waals surface area contributed by atoms with Crippen LogP contribution in [0, 0.1) is 6.92 Å². The smallest absolute Gasteiger partial charge is 0.122 e. The zero-order chi connectivity index (χ0) is 15.8. The molecular formula is C18H23NO3. The van der Waals surface area contributed by atoms with Gasteiger partial charge in [-0.25, -0.2) is 0 Å². The van der Waals surface area contributed by atoms with E-state index >= 15 is 0 Å². The number of aliphatic hydroxyl groups is 2. The number of rotatable bonds is 8. The summed E-state index contributed by atoms with van der Waals surface area (Å²) in [6, 6.07) is 17.2. The summed E-state index contributed by atoms with van der Waals surface area (Å²) >= 11 is 0.